The van der Waals surface area contributed by atoms with Crippen LogP contribution in [-0.2, 0) is 4.74 Å². The number of rotatable bonds is 3. The van der Waals surface area contributed by atoms with Crippen LogP contribution in [0, 0.1) is 0 Å². The predicted molar refractivity (Wildman–Crippen MR) is 66.7 cm³/mol. The summed E-state index contributed by atoms with van der Waals surface area (Å²) in [6, 6.07) is -0.476. The number of aromatic nitrogens is 4. The molecule has 0 aromatic carbocycles. The molecule has 20 heavy (non-hydrogen) atoms. The van der Waals surface area contributed by atoms with E-state index in [0.717, 1.165) is 0 Å². The van der Waals surface area contributed by atoms with Gasteiger partial charge in [-0.1, -0.05) is 5.11 Å². The summed E-state index contributed by atoms with van der Waals surface area (Å²) in [6.45, 7) is -0.257. The van der Waals surface area contributed by atoms with Gasteiger partial charge in [-0.15, -0.1) is 0 Å². The minimum absolute atomic E-state index is 0.257. The SMILES string of the molecule is [N-]=[N+]=N[C@H]1C[C@@H](n2ncc3c(=O)[nH]cnc32)O[C@@H]1CO. The number of aromatic amines is 1. The van der Waals surface area contributed by atoms with E-state index in [2.05, 4.69) is 25.1 Å². The van der Waals surface area contributed by atoms with Crippen molar-refractivity contribution >= 4 is 11.0 Å². The van der Waals surface area contributed by atoms with E-state index < -0.39 is 18.4 Å². The molecule has 1 saturated heterocycles. The summed E-state index contributed by atoms with van der Waals surface area (Å²) >= 11 is 0. The molecule has 0 amide bonds. The third-order valence-corrected chi connectivity index (χ3v) is 3.25. The van der Waals surface area contributed by atoms with Crippen molar-refractivity contribution in [2.24, 2.45) is 5.11 Å². The monoisotopic (exact) mass is 277 g/mol. The van der Waals surface area contributed by atoms with Gasteiger partial charge in [-0.25, -0.2) is 9.67 Å². The van der Waals surface area contributed by atoms with Crippen LogP contribution in [0.4, 0.5) is 0 Å². The summed E-state index contributed by atoms with van der Waals surface area (Å²) < 4.78 is 7.06. The first-order chi connectivity index (χ1) is 9.74. The number of ether oxygens (including phenoxy) is 1. The molecule has 0 bridgehead atoms. The summed E-state index contributed by atoms with van der Waals surface area (Å²) in [5.74, 6) is 0. The van der Waals surface area contributed by atoms with Crippen molar-refractivity contribution in [3.8, 4) is 0 Å². The van der Waals surface area contributed by atoms with Gasteiger partial charge < -0.3 is 14.8 Å². The van der Waals surface area contributed by atoms with Gasteiger partial charge in [0.05, 0.1) is 31.3 Å². The van der Waals surface area contributed by atoms with Crippen LogP contribution in [0.2, 0.25) is 0 Å². The van der Waals surface area contributed by atoms with E-state index in [1.165, 1.54) is 17.2 Å². The van der Waals surface area contributed by atoms with Crippen molar-refractivity contribution in [1.29, 1.82) is 0 Å². The zero-order chi connectivity index (χ0) is 14.1. The van der Waals surface area contributed by atoms with E-state index in [4.69, 9.17) is 10.3 Å². The Labute approximate surface area is 111 Å². The van der Waals surface area contributed by atoms with Crippen molar-refractivity contribution in [3.63, 3.8) is 0 Å². The Morgan fingerprint density at radius 1 is 1.70 bits per heavy atom. The number of aliphatic hydroxyl groups excluding tert-OH is 1. The molecule has 3 heterocycles. The largest absolute Gasteiger partial charge is 0.394 e. The van der Waals surface area contributed by atoms with Crippen molar-refractivity contribution in [3.05, 3.63) is 33.3 Å². The third kappa shape index (κ3) is 1.92. The molecule has 1 aliphatic heterocycles. The number of hydrogen-bond acceptors (Lipinski definition) is 6. The molecule has 1 aliphatic rings. The van der Waals surface area contributed by atoms with Gasteiger partial charge >= 0.3 is 0 Å². The lowest BCUT2D eigenvalue weighted by Gasteiger charge is -2.12. The fourth-order valence-corrected chi connectivity index (χ4v) is 2.30. The quantitative estimate of drug-likeness (QED) is 0.464. The third-order valence-electron chi connectivity index (χ3n) is 3.25. The Morgan fingerprint density at radius 3 is 3.30 bits per heavy atom. The highest BCUT2D eigenvalue weighted by Crippen LogP contribution is 2.31. The highest BCUT2D eigenvalue weighted by molar-refractivity contribution is 5.72. The number of aliphatic hydroxyl groups is 1. The van der Waals surface area contributed by atoms with Crippen LogP contribution in [0.1, 0.15) is 12.6 Å². The van der Waals surface area contributed by atoms with E-state index in [1.807, 2.05) is 0 Å². The lowest BCUT2D eigenvalue weighted by atomic mass is 10.1. The van der Waals surface area contributed by atoms with Gasteiger partial charge in [0.1, 0.15) is 5.39 Å². The maximum absolute atomic E-state index is 11.6. The van der Waals surface area contributed by atoms with Gasteiger partial charge in [-0.05, 0) is 5.53 Å². The topological polar surface area (TPSA) is 142 Å². The normalized spacial score (nSPS) is 25.8. The molecular weight excluding hydrogens is 266 g/mol. The van der Waals surface area contributed by atoms with Crippen LogP contribution in [0.25, 0.3) is 21.5 Å². The van der Waals surface area contributed by atoms with Crippen LogP contribution < -0.4 is 5.56 Å². The molecule has 10 nitrogen and oxygen atoms in total. The number of hydrogen-bond donors (Lipinski definition) is 2. The first kappa shape index (κ1) is 12.6. The Bertz CT molecular complexity index is 732. The Morgan fingerprint density at radius 2 is 2.55 bits per heavy atom. The fourth-order valence-electron chi connectivity index (χ4n) is 2.30. The molecule has 2 aromatic heterocycles. The predicted octanol–water partition coefficient (Wildman–Crippen LogP) is 0.0783. The van der Waals surface area contributed by atoms with Crippen molar-refractivity contribution in [1.82, 2.24) is 19.7 Å². The summed E-state index contributed by atoms with van der Waals surface area (Å²) in [5, 5.41) is 17.3. The van der Waals surface area contributed by atoms with Gasteiger partial charge in [-0.3, -0.25) is 4.79 Å². The van der Waals surface area contributed by atoms with Gasteiger partial charge in [0.15, 0.2) is 11.9 Å². The van der Waals surface area contributed by atoms with Crippen molar-refractivity contribution in [2.45, 2.75) is 24.8 Å². The van der Waals surface area contributed by atoms with E-state index in [9.17, 15) is 9.90 Å². The van der Waals surface area contributed by atoms with Crippen molar-refractivity contribution < 1.29 is 9.84 Å². The summed E-state index contributed by atoms with van der Waals surface area (Å²) in [7, 11) is 0. The minimum Gasteiger partial charge on any atom is -0.394 e. The molecule has 0 radical (unpaired) electrons. The molecule has 0 unspecified atom stereocenters. The van der Waals surface area contributed by atoms with Gasteiger partial charge in [0.25, 0.3) is 5.56 Å². The second-order valence-corrected chi connectivity index (χ2v) is 4.38. The Hall–Kier alpha value is -2.42. The molecule has 3 rings (SSSR count). The standard InChI is InChI=1S/C10H11N7O3/c11-16-15-6-1-8(20-7(6)3-18)17-9-5(2-14-17)10(19)13-4-12-9/h2,4,6-8,18H,1,3H2,(H,12,13,19)/t6-,7+,8-/m0/s1. The molecule has 0 saturated carbocycles. The average Bonchev–Trinajstić information content (AvgIpc) is 3.03. The summed E-state index contributed by atoms with van der Waals surface area (Å²) in [6.07, 6.45) is 1.93. The first-order valence-corrected chi connectivity index (χ1v) is 5.96. The van der Waals surface area contributed by atoms with Crippen LogP contribution >= 0.6 is 0 Å². The zero-order valence-electron chi connectivity index (χ0n) is 10.2. The second kappa shape index (κ2) is 4.93. The van der Waals surface area contributed by atoms with Gasteiger partial charge in [0, 0.05) is 11.3 Å². The number of H-pyrrole nitrogens is 1. The number of azide groups is 1. The maximum atomic E-state index is 11.6. The van der Waals surface area contributed by atoms with E-state index in [0.29, 0.717) is 17.5 Å². The molecule has 2 N–H and O–H groups in total. The van der Waals surface area contributed by atoms with Crippen LogP contribution in [0.3, 0.4) is 0 Å². The zero-order valence-corrected chi connectivity index (χ0v) is 10.2. The molecule has 1 fully saturated rings. The molecule has 10 heteroatoms. The summed E-state index contributed by atoms with van der Waals surface area (Å²) in [5.41, 5.74) is 8.60. The van der Waals surface area contributed by atoms with Crippen LogP contribution in [0.15, 0.2) is 22.4 Å². The van der Waals surface area contributed by atoms with E-state index in [1.54, 1.807) is 0 Å². The molecule has 104 valence electrons. The molecule has 0 spiro atoms. The summed E-state index contributed by atoms with van der Waals surface area (Å²) in [4.78, 5) is 20.9. The minimum atomic E-state index is -0.586. The number of nitrogens with one attached hydrogen (secondary N) is 1. The first-order valence-electron chi connectivity index (χ1n) is 5.96. The lowest BCUT2D eigenvalue weighted by molar-refractivity contribution is -0.0286. The number of nitrogens with zero attached hydrogens (tertiary/aromatic N) is 6. The Balaban J connectivity index is 1.98. The average molecular weight is 277 g/mol. The lowest BCUT2D eigenvalue weighted by Crippen LogP contribution is -2.23. The smallest absolute Gasteiger partial charge is 0.261 e. The number of fused-ring (bicyclic) bond motifs is 1. The fraction of sp³-hybridized carbons (Fsp3) is 0.500. The van der Waals surface area contributed by atoms with E-state index >= 15 is 0 Å². The van der Waals surface area contributed by atoms with Gasteiger partial charge in [0.2, 0.25) is 0 Å². The molecular formula is C10H11N7O3. The maximum Gasteiger partial charge on any atom is 0.261 e. The molecule has 0 aliphatic carbocycles. The molecule has 2 aromatic rings. The van der Waals surface area contributed by atoms with Crippen LogP contribution in [0.5, 0.6) is 0 Å². The van der Waals surface area contributed by atoms with Gasteiger partial charge in [-0.2, -0.15) is 5.10 Å². The molecule has 3 atom stereocenters. The van der Waals surface area contributed by atoms with E-state index in [-0.39, 0.29) is 12.2 Å². The highest BCUT2D eigenvalue weighted by atomic mass is 16.5. The second-order valence-electron chi connectivity index (χ2n) is 4.38. The van der Waals surface area contributed by atoms with Crippen molar-refractivity contribution in [2.75, 3.05) is 6.61 Å². The highest BCUT2D eigenvalue weighted by Gasteiger charge is 2.36. The van der Waals surface area contributed by atoms with Crippen LogP contribution in [-0.4, -0.2) is 43.6 Å². The Kier molecular flexibility index (Phi) is 3.11.